The van der Waals surface area contributed by atoms with Crippen LogP contribution in [0.3, 0.4) is 0 Å². The number of carbonyl (C=O) groups is 1. The molecule has 1 saturated heterocycles. The summed E-state index contributed by atoms with van der Waals surface area (Å²) in [6.07, 6.45) is 10.8. The molecule has 2 aliphatic heterocycles. The van der Waals surface area contributed by atoms with Gasteiger partial charge in [0.1, 0.15) is 11.6 Å². The van der Waals surface area contributed by atoms with Crippen LogP contribution < -0.4 is 10.2 Å². The first-order valence-electron chi connectivity index (χ1n) is 12.2. The van der Waals surface area contributed by atoms with Crippen molar-refractivity contribution in [2.45, 2.75) is 90.0 Å². The van der Waals surface area contributed by atoms with Crippen molar-refractivity contribution in [2.24, 2.45) is 5.92 Å². The Morgan fingerprint density at radius 3 is 2.60 bits per heavy atom. The Labute approximate surface area is 181 Å². The number of carbonyl (C=O) groups excluding carboxylic acids is 1. The first kappa shape index (κ1) is 21.5. The van der Waals surface area contributed by atoms with Crippen molar-refractivity contribution >= 4 is 11.7 Å². The average Bonchev–Trinajstić information content (AvgIpc) is 3.19. The zero-order valence-electron chi connectivity index (χ0n) is 18.8. The highest BCUT2D eigenvalue weighted by atomic mass is 16.5. The molecule has 4 rings (SSSR count). The van der Waals surface area contributed by atoms with Gasteiger partial charge in [-0.2, -0.15) is 0 Å². The van der Waals surface area contributed by atoms with E-state index in [1.165, 1.54) is 36.9 Å². The molecule has 166 valence electrons. The molecule has 1 atom stereocenters. The molecule has 30 heavy (non-hydrogen) atoms. The van der Waals surface area contributed by atoms with Crippen LogP contribution in [0, 0.1) is 5.92 Å². The van der Waals surface area contributed by atoms with Gasteiger partial charge in [0.25, 0.3) is 0 Å². The number of rotatable bonds is 6. The second-order valence-electron chi connectivity index (χ2n) is 9.38. The van der Waals surface area contributed by atoms with Gasteiger partial charge in [-0.05, 0) is 32.1 Å². The Kier molecular flexibility index (Phi) is 7.24. The summed E-state index contributed by atoms with van der Waals surface area (Å²) < 4.78 is 5.75. The lowest BCUT2D eigenvalue weighted by Gasteiger charge is -2.35. The summed E-state index contributed by atoms with van der Waals surface area (Å²) in [5, 5.41) is 3.29. The molecular weight excluding hydrogens is 376 g/mol. The standard InChI is InChI=1S/C24H38N4O2/c1-3-6-17(2)24(29)25-19-9-13-28(14-10-19)23-20-11-15-30-16-12-21(20)26-22(27-23)18-7-4-5-8-18/h17-19H,3-16H2,1-2H3,(H,25,29). The van der Waals surface area contributed by atoms with Gasteiger partial charge in [-0.15, -0.1) is 0 Å². The lowest BCUT2D eigenvalue weighted by Crippen LogP contribution is -2.46. The van der Waals surface area contributed by atoms with Gasteiger partial charge in [0.15, 0.2) is 0 Å². The third-order valence-electron chi connectivity index (χ3n) is 7.10. The number of amides is 1. The Hall–Kier alpha value is -1.69. The molecular formula is C24H38N4O2. The van der Waals surface area contributed by atoms with E-state index in [1.807, 2.05) is 6.92 Å². The molecule has 0 radical (unpaired) electrons. The fourth-order valence-electron chi connectivity index (χ4n) is 5.22. The van der Waals surface area contributed by atoms with Crippen LogP contribution in [0.15, 0.2) is 0 Å². The fourth-order valence-corrected chi connectivity index (χ4v) is 5.22. The Bertz CT molecular complexity index is 724. The number of hydrogen-bond acceptors (Lipinski definition) is 5. The maximum atomic E-state index is 12.4. The van der Waals surface area contributed by atoms with Gasteiger partial charge in [-0.1, -0.05) is 33.1 Å². The number of piperidine rings is 1. The maximum Gasteiger partial charge on any atom is 0.223 e. The average molecular weight is 415 g/mol. The summed E-state index contributed by atoms with van der Waals surface area (Å²) in [4.78, 5) is 25.0. The molecule has 3 heterocycles. The van der Waals surface area contributed by atoms with Crippen LogP contribution in [-0.2, 0) is 22.4 Å². The summed E-state index contributed by atoms with van der Waals surface area (Å²) in [5.41, 5.74) is 2.51. The van der Waals surface area contributed by atoms with Crippen molar-refractivity contribution in [1.29, 1.82) is 0 Å². The quantitative estimate of drug-likeness (QED) is 0.767. The number of anilines is 1. The van der Waals surface area contributed by atoms with Gasteiger partial charge in [0.05, 0.1) is 18.9 Å². The zero-order chi connectivity index (χ0) is 20.9. The number of ether oxygens (including phenoxy) is 1. The molecule has 1 unspecified atom stereocenters. The summed E-state index contributed by atoms with van der Waals surface area (Å²) in [6.45, 7) is 7.59. The second-order valence-corrected chi connectivity index (χ2v) is 9.38. The molecule has 6 heteroatoms. The van der Waals surface area contributed by atoms with Crippen LogP contribution in [0.25, 0.3) is 0 Å². The Morgan fingerprint density at radius 1 is 1.13 bits per heavy atom. The molecule has 1 aromatic heterocycles. The Balaban J connectivity index is 1.47. The number of nitrogens with zero attached hydrogens (tertiary/aromatic N) is 3. The summed E-state index contributed by atoms with van der Waals surface area (Å²) in [6, 6.07) is 0.283. The van der Waals surface area contributed by atoms with Gasteiger partial charge in [-0.3, -0.25) is 4.79 Å². The molecule has 1 N–H and O–H groups in total. The number of nitrogens with one attached hydrogen (secondary N) is 1. The van der Waals surface area contributed by atoms with E-state index in [0.717, 1.165) is 76.5 Å². The maximum absolute atomic E-state index is 12.4. The van der Waals surface area contributed by atoms with E-state index < -0.39 is 0 Å². The third kappa shape index (κ3) is 4.96. The highest BCUT2D eigenvalue weighted by Gasteiger charge is 2.29. The normalized spacial score (nSPS) is 21.9. The molecule has 6 nitrogen and oxygen atoms in total. The van der Waals surface area contributed by atoms with Gasteiger partial charge in [-0.25, -0.2) is 9.97 Å². The van der Waals surface area contributed by atoms with Crippen molar-refractivity contribution in [3.05, 3.63) is 17.1 Å². The minimum absolute atomic E-state index is 0.111. The molecule has 0 aromatic carbocycles. The van der Waals surface area contributed by atoms with E-state index in [4.69, 9.17) is 14.7 Å². The Morgan fingerprint density at radius 2 is 1.87 bits per heavy atom. The molecule has 3 aliphatic rings. The third-order valence-corrected chi connectivity index (χ3v) is 7.10. The van der Waals surface area contributed by atoms with Crippen molar-refractivity contribution < 1.29 is 9.53 Å². The molecule has 1 aliphatic carbocycles. The monoisotopic (exact) mass is 414 g/mol. The van der Waals surface area contributed by atoms with E-state index >= 15 is 0 Å². The van der Waals surface area contributed by atoms with Gasteiger partial charge >= 0.3 is 0 Å². The highest BCUT2D eigenvalue weighted by Crippen LogP contribution is 2.35. The van der Waals surface area contributed by atoms with Crippen molar-refractivity contribution in [3.63, 3.8) is 0 Å². The number of aromatic nitrogens is 2. The van der Waals surface area contributed by atoms with E-state index in [0.29, 0.717) is 5.92 Å². The van der Waals surface area contributed by atoms with Crippen LogP contribution in [0.1, 0.15) is 88.2 Å². The molecule has 1 saturated carbocycles. The van der Waals surface area contributed by atoms with E-state index in [1.54, 1.807) is 0 Å². The second kappa shape index (κ2) is 10.1. The van der Waals surface area contributed by atoms with Crippen LogP contribution in [-0.4, -0.2) is 48.2 Å². The van der Waals surface area contributed by atoms with Crippen LogP contribution >= 0.6 is 0 Å². The smallest absolute Gasteiger partial charge is 0.223 e. The van der Waals surface area contributed by atoms with Gasteiger partial charge in [0, 0.05) is 49.4 Å². The highest BCUT2D eigenvalue weighted by molar-refractivity contribution is 5.78. The summed E-state index contributed by atoms with van der Waals surface area (Å²) in [5.74, 6) is 3.06. The predicted octanol–water partition coefficient (Wildman–Crippen LogP) is 3.77. The van der Waals surface area contributed by atoms with Crippen molar-refractivity contribution in [1.82, 2.24) is 15.3 Å². The first-order valence-corrected chi connectivity index (χ1v) is 12.2. The van der Waals surface area contributed by atoms with Crippen molar-refractivity contribution in [3.8, 4) is 0 Å². The van der Waals surface area contributed by atoms with Crippen LogP contribution in [0.2, 0.25) is 0 Å². The fraction of sp³-hybridized carbons (Fsp3) is 0.792. The first-order chi connectivity index (χ1) is 14.7. The molecule has 2 fully saturated rings. The lowest BCUT2D eigenvalue weighted by molar-refractivity contribution is -0.125. The molecule has 0 bridgehead atoms. The van der Waals surface area contributed by atoms with Crippen LogP contribution in [0.4, 0.5) is 5.82 Å². The van der Waals surface area contributed by atoms with E-state index in [-0.39, 0.29) is 17.9 Å². The minimum atomic E-state index is 0.111. The SMILES string of the molecule is CCCC(C)C(=O)NC1CCN(c2nc(C3CCCC3)nc3c2CCOCC3)CC1. The number of fused-ring (bicyclic) bond motifs is 1. The van der Waals surface area contributed by atoms with E-state index in [2.05, 4.69) is 17.1 Å². The van der Waals surface area contributed by atoms with E-state index in [9.17, 15) is 4.79 Å². The molecule has 1 aromatic rings. The molecule has 1 amide bonds. The van der Waals surface area contributed by atoms with Gasteiger partial charge < -0.3 is 15.0 Å². The minimum Gasteiger partial charge on any atom is -0.381 e. The largest absolute Gasteiger partial charge is 0.381 e. The lowest BCUT2D eigenvalue weighted by atomic mass is 10.00. The summed E-state index contributed by atoms with van der Waals surface area (Å²) >= 11 is 0. The zero-order valence-corrected chi connectivity index (χ0v) is 18.8. The predicted molar refractivity (Wildman–Crippen MR) is 119 cm³/mol. The van der Waals surface area contributed by atoms with Crippen molar-refractivity contribution in [2.75, 3.05) is 31.2 Å². The molecule has 0 spiro atoms. The summed E-state index contributed by atoms with van der Waals surface area (Å²) in [7, 11) is 0. The topological polar surface area (TPSA) is 67.4 Å². The van der Waals surface area contributed by atoms with Crippen LogP contribution in [0.5, 0.6) is 0 Å². The van der Waals surface area contributed by atoms with Gasteiger partial charge in [0.2, 0.25) is 5.91 Å². The number of hydrogen-bond donors (Lipinski definition) is 1.